The van der Waals surface area contributed by atoms with E-state index in [4.69, 9.17) is 21.1 Å². The van der Waals surface area contributed by atoms with Gasteiger partial charge >= 0.3 is 0 Å². The molecule has 0 radical (unpaired) electrons. The van der Waals surface area contributed by atoms with Gasteiger partial charge in [0.05, 0.1) is 18.7 Å². The third-order valence-corrected chi connectivity index (χ3v) is 3.62. The summed E-state index contributed by atoms with van der Waals surface area (Å²) in [4.78, 5) is 11.9. The summed E-state index contributed by atoms with van der Waals surface area (Å²) in [6.07, 6.45) is 3.00. The van der Waals surface area contributed by atoms with Crippen molar-refractivity contribution in [1.82, 2.24) is 5.32 Å². The van der Waals surface area contributed by atoms with E-state index >= 15 is 0 Å². The highest BCUT2D eigenvalue weighted by Gasteiger charge is 2.11. The minimum absolute atomic E-state index is 0.270. The standard InChI is InChI=1S/C19H19ClFNO3/c1-3-25-19-16(20)10-14(11-17(19)24-2)12-22-18(23)9-6-13-4-7-15(21)8-5-13/h4-11H,3,12H2,1-2H3,(H,22,23). The molecule has 0 fully saturated rings. The molecule has 25 heavy (non-hydrogen) atoms. The van der Waals surface area contributed by atoms with Crippen LogP contribution in [0.2, 0.25) is 5.02 Å². The van der Waals surface area contributed by atoms with Crippen LogP contribution in [-0.2, 0) is 11.3 Å². The molecular formula is C19H19ClFNO3. The van der Waals surface area contributed by atoms with Crippen LogP contribution < -0.4 is 14.8 Å². The van der Waals surface area contributed by atoms with E-state index in [1.807, 2.05) is 6.92 Å². The van der Waals surface area contributed by atoms with Gasteiger partial charge in [0.15, 0.2) is 11.5 Å². The summed E-state index contributed by atoms with van der Waals surface area (Å²) < 4.78 is 23.6. The number of amides is 1. The summed E-state index contributed by atoms with van der Waals surface area (Å²) >= 11 is 6.20. The van der Waals surface area contributed by atoms with Crippen molar-refractivity contribution >= 4 is 23.6 Å². The zero-order valence-electron chi connectivity index (χ0n) is 14.0. The van der Waals surface area contributed by atoms with Gasteiger partial charge in [-0.3, -0.25) is 4.79 Å². The molecule has 0 aliphatic rings. The quantitative estimate of drug-likeness (QED) is 0.749. The normalized spacial score (nSPS) is 10.7. The molecule has 0 aliphatic heterocycles. The second kappa shape index (κ2) is 9.08. The molecule has 1 amide bonds. The number of hydrogen-bond acceptors (Lipinski definition) is 3. The molecule has 1 N–H and O–H groups in total. The number of carbonyl (C=O) groups is 1. The molecule has 0 aromatic heterocycles. The molecular weight excluding hydrogens is 345 g/mol. The first-order valence-electron chi connectivity index (χ1n) is 7.74. The highest BCUT2D eigenvalue weighted by molar-refractivity contribution is 6.32. The predicted molar refractivity (Wildman–Crippen MR) is 96.5 cm³/mol. The lowest BCUT2D eigenvalue weighted by molar-refractivity contribution is -0.116. The van der Waals surface area contributed by atoms with Gasteiger partial charge in [0, 0.05) is 12.6 Å². The Morgan fingerprint density at radius 2 is 2.00 bits per heavy atom. The van der Waals surface area contributed by atoms with Crippen molar-refractivity contribution in [2.75, 3.05) is 13.7 Å². The van der Waals surface area contributed by atoms with Crippen LogP contribution in [-0.4, -0.2) is 19.6 Å². The van der Waals surface area contributed by atoms with Crippen LogP contribution in [0.5, 0.6) is 11.5 Å². The van der Waals surface area contributed by atoms with E-state index in [1.165, 1.54) is 25.3 Å². The van der Waals surface area contributed by atoms with Crippen molar-refractivity contribution in [1.29, 1.82) is 0 Å². The molecule has 2 rings (SSSR count). The molecule has 0 spiro atoms. The first-order chi connectivity index (χ1) is 12.0. The van der Waals surface area contributed by atoms with Gasteiger partial charge in [-0.05, 0) is 48.4 Å². The van der Waals surface area contributed by atoms with Gasteiger partial charge in [-0.2, -0.15) is 0 Å². The molecule has 0 bridgehead atoms. The lowest BCUT2D eigenvalue weighted by Gasteiger charge is -2.13. The van der Waals surface area contributed by atoms with Crippen LogP contribution in [0.3, 0.4) is 0 Å². The summed E-state index contributed by atoms with van der Waals surface area (Å²) in [5, 5.41) is 3.18. The zero-order valence-corrected chi connectivity index (χ0v) is 14.8. The second-order valence-corrected chi connectivity index (χ2v) is 5.55. The van der Waals surface area contributed by atoms with E-state index in [1.54, 1.807) is 30.3 Å². The summed E-state index contributed by atoms with van der Waals surface area (Å²) in [5.41, 5.74) is 1.52. The Morgan fingerprint density at radius 3 is 2.64 bits per heavy atom. The maximum atomic E-state index is 12.8. The number of ether oxygens (including phenoxy) is 2. The van der Waals surface area contributed by atoms with Crippen molar-refractivity contribution < 1.29 is 18.7 Å². The van der Waals surface area contributed by atoms with Gasteiger partial charge in [-0.15, -0.1) is 0 Å². The number of hydrogen-bond donors (Lipinski definition) is 1. The van der Waals surface area contributed by atoms with Gasteiger partial charge in [-0.1, -0.05) is 23.7 Å². The van der Waals surface area contributed by atoms with E-state index in [-0.39, 0.29) is 18.3 Å². The first kappa shape index (κ1) is 18.8. The fourth-order valence-electron chi connectivity index (χ4n) is 2.15. The molecule has 132 valence electrons. The predicted octanol–water partition coefficient (Wildman–Crippen LogP) is 4.22. The molecule has 2 aromatic carbocycles. The Kier molecular flexibility index (Phi) is 6.83. The molecule has 0 aliphatic carbocycles. The number of benzene rings is 2. The number of rotatable bonds is 7. The van der Waals surface area contributed by atoms with Crippen molar-refractivity contribution in [2.24, 2.45) is 0 Å². The fraction of sp³-hybridized carbons (Fsp3) is 0.211. The van der Waals surface area contributed by atoms with Gasteiger partial charge in [0.1, 0.15) is 5.82 Å². The van der Waals surface area contributed by atoms with E-state index in [9.17, 15) is 9.18 Å². The minimum atomic E-state index is -0.317. The molecule has 0 saturated carbocycles. The highest BCUT2D eigenvalue weighted by atomic mass is 35.5. The molecule has 6 heteroatoms. The van der Waals surface area contributed by atoms with Crippen LogP contribution in [0.15, 0.2) is 42.5 Å². The second-order valence-electron chi connectivity index (χ2n) is 5.14. The summed E-state index contributed by atoms with van der Waals surface area (Å²) in [7, 11) is 1.53. The Balaban J connectivity index is 1.99. The van der Waals surface area contributed by atoms with Crippen LogP contribution in [0.1, 0.15) is 18.1 Å². The monoisotopic (exact) mass is 363 g/mol. The average molecular weight is 364 g/mol. The number of halogens is 2. The Labute approximate surface area is 151 Å². The van der Waals surface area contributed by atoms with Crippen LogP contribution in [0, 0.1) is 5.82 Å². The topological polar surface area (TPSA) is 47.6 Å². The largest absolute Gasteiger partial charge is 0.493 e. The fourth-order valence-corrected chi connectivity index (χ4v) is 2.44. The van der Waals surface area contributed by atoms with Crippen LogP contribution in [0.4, 0.5) is 4.39 Å². The van der Waals surface area contributed by atoms with E-state index in [0.29, 0.717) is 23.1 Å². The highest BCUT2D eigenvalue weighted by Crippen LogP contribution is 2.36. The van der Waals surface area contributed by atoms with Crippen molar-refractivity contribution in [3.63, 3.8) is 0 Å². The number of methoxy groups -OCH3 is 1. The maximum Gasteiger partial charge on any atom is 0.244 e. The van der Waals surface area contributed by atoms with Gasteiger partial charge in [0.25, 0.3) is 0 Å². The molecule has 0 saturated heterocycles. The van der Waals surface area contributed by atoms with E-state index in [0.717, 1.165) is 11.1 Å². The summed E-state index contributed by atoms with van der Waals surface area (Å²) in [6, 6.07) is 9.35. The van der Waals surface area contributed by atoms with Gasteiger partial charge in [0.2, 0.25) is 5.91 Å². The first-order valence-corrected chi connectivity index (χ1v) is 8.12. The molecule has 4 nitrogen and oxygen atoms in total. The van der Waals surface area contributed by atoms with Crippen LogP contribution >= 0.6 is 11.6 Å². The summed E-state index contributed by atoms with van der Waals surface area (Å²) in [5.74, 6) is 0.412. The SMILES string of the molecule is CCOc1c(Cl)cc(CNC(=O)C=Cc2ccc(F)cc2)cc1OC. The van der Waals surface area contributed by atoms with Crippen molar-refractivity contribution in [3.8, 4) is 11.5 Å². The molecule has 2 aromatic rings. The number of carbonyl (C=O) groups excluding carboxylic acids is 1. The maximum absolute atomic E-state index is 12.8. The lowest BCUT2D eigenvalue weighted by atomic mass is 10.2. The van der Waals surface area contributed by atoms with Crippen LogP contribution in [0.25, 0.3) is 6.08 Å². The lowest BCUT2D eigenvalue weighted by Crippen LogP contribution is -2.20. The zero-order chi connectivity index (χ0) is 18.2. The van der Waals surface area contributed by atoms with E-state index in [2.05, 4.69) is 5.32 Å². The summed E-state index contributed by atoms with van der Waals surface area (Å²) in [6.45, 7) is 2.62. The third kappa shape index (κ3) is 5.50. The minimum Gasteiger partial charge on any atom is -0.493 e. The van der Waals surface area contributed by atoms with Gasteiger partial charge < -0.3 is 14.8 Å². The Morgan fingerprint density at radius 1 is 1.28 bits per heavy atom. The Hall–Kier alpha value is -2.53. The van der Waals surface area contributed by atoms with E-state index < -0.39 is 0 Å². The van der Waals surface area contributed by atoms with Gasteiger partial charge in [-0.25, -0.2) is 4.39 Å². The smallest absolute Gasteiger partial charge is 0.244 e. The number of nitrogens with one attached hydrogen (secondary N) is 1. The van der Waals surface area contributed by atoms with Crippen molar-refractivity contribution in [2.45, 2.75) is 13.5 Å². The third-order valence-electron chi connectivity index (χ3n) is 3.34. The van der Waals surface area contributed by atoms with Crippen molar-refractivity contribution in [3.05, 3.63) is 64.4 Å². The molecule has 0 atom stereocenters. The Bertz CT molecular complexity index is 760. The average Bonchev–Trinajstić information content (AvgIpc) is 2.61. The molecule has 0 heterocycles. The molecule has 0 unspecified atom stereocenters.